The molecule has 0 spiro atoms. The van der Waals surface area contributed by atoms with Crippen LogP contribution in [0.25, 0.3) is 0 Å². The van der Waals surface area contributed by atoms with E-state index in [9.17, 15) is 0 Å². The lowest BCUT2D eigenvalue weighted by Crippen LogP contribution is -2.32. The molecule has 0 bridgehead atoms. The van der Waals surface area contributed by atoms with Gasteiger partial charge in [-0.25, -0.2) is 0 Å². The van der Waals surface area contributed by atoms with E-state index in [0.717, 1.165) is 18.8 Å². The third-order valence-electron chi connectivity index (χ3n) is 1.41. The van der Waals surface area contributed by atoms with Gasteiger partial charge in [0.25, 0.3) is 0 Å². The second kappa shape index (κ2) is 3.37. The van der Waals surface area contributed by atoms with E-state index in [1.807, 2.05) is 4.90 Å². The predicted octanol–water partition coefficient (Wildman–Crippen LogP) is 0.490. The standard InChI is InChI=1S/C7H12N2O/c1-7-5-10-4-3-9(7)6-8-2/h6H,1,3-5H2,2H3. The van der Waals surface area contributed by atoms with Crippen molar-refractivity contribution in [2.45, 2.75) is 0 Å². The normalized spacial score (nSPS) is 20.5. The molecular weight excluding hydrogens is 128 g/mol. The fourth-order valence-corrected chi connectivity index (χ4v) is 0.873. The van der Waals surface area contributed by atoms with Crippen LogP contribution in [-0.4, -0.2) is 38.0 Å². The number of hydrogen-bond donors (Lipinski definition) is 0. The van der Waals surface area contributed by atoms with Gasteiger partial charge in [0.2, 0.25) is 0 Å². The van der Waals surface area contributed by atoms with Crippen LogP contribution in [0.15, 0.2) is 17.3 Å². The van der Waals surface area contributed by atoms with E-state index in [1.54, 1.807) is 13.4 Å². The Hall–Kier alpha value is -0.830. The van der Waals surface area contributed by atoms with Gasteiger partial charge in [-0.3, -0.25) is 4.99 Å². The van der Waals surface area contributed by atoms with E-state index in [4.69, 9.17) is 4.74 Å². The van der Waals surface area contributed by atoms with Gasteiger partial charge >= 0.3 is 0 Å². The summed E-state index contributed by atoms with van der Waals surface area (Å²) in [5.74, 6) is 0. The van der Waals surface area contributed by atoms with Crippen LogP contribution in [0.3, 0.4) is 0 Å². The molecule has 0 saturated carbocycles. The summed E-state index contributed by atoms with van der Waals surface area (Å²) in [6.07, 6.45) is 1.78. The van der Waals surface area contributed by atoms with E-state index in [1.165, 1.54) is 0 Å². The average molecular weight is 140 g/mol. The molecule has 0 N–H and O–H groups in total. The van der Waals surface area contributed by atoms with Gasteiger partial charge in [0, 0.05) is 19.3 Å². The van der Waals surface area contributed by atoms with Gasteiger partial charge in [-0.05, 0) is 0 Å². The summed E-state index contributed by atoms with van der Waals surface area (Å²) < 4.78 is 5.16. The van der Waals surface area contributed by atoms with Gasteiger partial charge in [0.05, 0.1) is 19.6 Å². The summed E-state index contributed by atoms with van der Waals surface area (Å²) in [7, 11) is 1.75. The first-order chi connectivity index (χ1) is 4.84. The minimum atomic E-state index is 0.631. The van der Waals surface area contributed by atoms with E-state index in [-0.39, 0.29) is 0 Å². The summed E-state index contributed by atoms with van der Waals surface area (Å²) in [6, 6.07) is 0. The quantitative estimate of drug-likeness (QED) is 0.391. The number of aliphatic imine (C=N–C) groups is 1. The predicted molar refractivity (Wildman–Crippen MR) is 41.1 cm³/mol. The molecule has 56 valence electrons. The van der Waals surface area contributed by atoms with Gasteiger partial charge in [-0.2, -0.15) is 0 Å². The molecule has 1 heterocycles. The van der Waals surface area contributed by atoms with E-state index in [2.05, 4.69) is 11.6 Å². The highest BCUT2D eigenvalue weighted by Crippen LogP contribution is 2.04. The maximum atomic E-state index is 5.16. The molecule has 1 fully saturated rings. The van der Waals surface area contributed by atoms with Crippen LogP contribution in [0.4, 0.5) is 0 Å². The fourth-order valence-electron chi connectivity index (χ4n) is 0.873. The van der Waals surface area contributed by atoms with Crippen LogP contribution >= 0.6 is 0 Å². The largest absolute Gasteiger partial charge is 0.373 e. The van der Waals surface area contributed by atoms with Gasteiger partial charge in [0.15, 0.2) is 0 Å². The van der Waals surface area contributed by atoms with Crippen LogP contribution in [0, 0.1) is 0 Å². The van der Waals surface area contributed by atoms with Gasteiger partial charge in [-0.15, -0.1) is 0 Å². The molecule has 1 aliphatic heterocycles. The molecule has 1 saturated heterocycles. The van der Waals surface area contributed by atoms with Crippen molar-refractivity contribution in [2.24, 2.45) is 4.99 Å². The zero-order valence-electron chi connectivity index (χ0n) is 6.21. The minimum Gasteiger partial charge on any atom is -0.373 e. The van der Waals surface area contributed by atoms with Crippen molar-refractivity contribution in [1.82, 2.24) is 4.90 Å². The molecule has 3 heteroatoms. The number of nitrogens with zero attached hydrogens (tertiary/aromatic N) is 2. The monoisotopic (exact) mass is 140 g/mol. The summed E-state index contributed by atoms with van der Waals surface area (Å²) in [5.41, 5.74) is 0.983. The summed E-state index contributed by atoms with van der Waals surface area (Å²) in [6.45, 7) is 6.09. The van der Waals surface area contributed by atoms with Gasteiger partial charge in [0.1, 0.15) is 0 Å². The first kappa shape index (κ1) is 7.28. The summed E-state index contributed by atoms with van der Waals surface area (Å²) in [4.78, 5) is 5.90. The van der Waals surface area contributed by atoms with Crippen LogP contribution in [0.2, 0.25) is 0 Å². The molecule has 3 nitrogen and oxygen atoms in total. The molecule has 0 radical (unpaired) electrons. The average Bonchev–Trinajstić information content (AvgIpc) is 1.94. The number of ether oxygens (including phenoxy) is 1. The summed E-state index contributed by atoms with van der Waals surface area (Å²) >= 11 is 0. The molecule has 0 aliphatic carbocycles. The molecule has 0 aromatic carbocycles. The van der Waals surface area contributed by atoms with Crippen LogP contribution in [-0.2, 0) is 4.74 Å². The second-order valence-electron chi connectivity index (χ2n) is 2.19. The van der Waals surface area contributed by atoms with Crippen LogP contribution in [0.1, 0.15) is 0 Å². The van der Waals surface area contributed by atoms with Crippen molar-refractivity contribution in [3.63, 3.8) is 0 Å². The summed E-state index contributed by atoms with van der Waals surface area (Å²) in [5, 5.41) is 0. The highest BCUT2D eigenvalue weighted by Gasteiger charge is 2.09. The lowest BCUT2D eigenvalue weighted by atomic mass is 10.4. The first-order valence-electron chi connectivity index (χ1n) is 3.29. The Kier molecular flexibility index (Phi) is 2.45. The fraction of sp³-hybridized carbons (Fsp3) is 0.571. The van der Waals surface area contributed by atoms with Gasteiger partial charge < -0.3 is 9.64 Å². The van der Waals surface area contributed by atoms with Crippen molar-refractivity contribution in [2.75, 3.05) is 26.8 Å². The maximum absolute atomic E-state index is 5.16. The lowest BCUT2D eigenvalue weighted by Gasteiger charge is -2.26. The molecule has 0 aromatic rings. The molecule has 0 aromatic heterocycles. The maximum Gasteiger partial charge on any atom is 0.0889 e. The SMILES string of the molecule is C=C1COCCN1C=NC. The second-order valence-corrected chi connectivity index (χ2v) is 2.19. The molecule has 0 amide bonds. The van der Waals surface area contributed by atoms with E-state index >= 15 is 0 Å². The van der Waals surface area contributed by atoms with Gasteiger partial charge in [-0.1, -0.05) is 6.58 Å². The van der Waals surface area contributed by atoms with Crippen molar-refractivity contribution in [3.05, 3.63) is 12.3 Å². The number of morpholine rings is 1. The minimum absolute atomic E-state index is 0.631. The zero-order valence-corrected chi connectivity index (χ0v) is 6.21. The lowest BCUT2D eigenvalue weighted by molar-refractivity contribution is 0.101. The molecule has 1 rings (SSSR count). The first-order valence-corrected chi connectivity index (χ1v) is 3.29. The van der Waals surface area contributed by atoms with Crippen molar-refractivity contribution in [1.29, 1.82) is 0 Å². The van der Waals surface area contributed by atoms with E-state index < -0.39 is 0 Å². The number of hydrogen-bond acceptors (Lipinski definition) is 2. The third kappa shape index (κ3) is 1.57. The van der Waals surface area contributed by atoms with Crippen molar-refractivity contribution in [3.8, 4) is 0 Å². The van der Waals surface area contributed by atoms with Crippen molar-refractivity contribution >= 4 is 6.34 Å². The molecular formula is C7H12N2O. The topological polar surface area (TPSA) is 24.8 Å². The third-order valence-corrected chi connectivity index (χ3v) is 1.41. The zero-order chi connectivity index (χ0) is 7.40. The molecule has 10 heavy (non-hydrogen) atoms. The van der Waals surface area contributed by atoms with E-state index in [0.29, 0.717) is 6.61 Å². The molecule has 1 aliphatic rings. The Balaban J connectivity index is 2.48. The Morgan fingerprint density at radius 2 is 2.60 bits per heavy atom. The Bertz CT molecular complexity index is 154. The van der Waals surface area contributed by atoms with Crippen LogP contribution < -0.4 is 0 Å². The number of rotatable bonds is 1. The highest BCUT2D eigenvalue weighted by molar-refractivity contribution is 5.57. The Morgan fingerprint density at radius 3 is 3.20 bits per heavy atom. The smallest absolute Gasteiger partial charge is 0.0889 e. The van der Waals surface area contributed by atoms with Crippen LogP contribution in [0.5, 0.6) is 0 Å². The molecule has 0 atom stereocenters. The van der Waals surface area contributed by atoms with Crippen molar-refractivity contribution < 1.29 is 4.74 Å². The Morgan fingerprint density at radius 1 is 1.80 bits per heavy atom. The Labute approximate surface area is 61.0 Å². The molecule has 0 unspecified atom stereocenters. The highest BCUT2D eigenvalue weighted by atomic mass is 16.5.